The van der Waals surface area contributed by atoms with Gasteiger partial charge in [-0.1, -0.05) is 91.0 Å². The predicted octanol–water partition coefficient (Wildman–Crippen LogP) is 18.1. The molecule has 0 aliphatic rings. The van der Waals surface area contributed by atoms with E-state index in [9.17, 15) is 31.6 Å². The van der Waals surface area contributed by atoms with Gasteiger partial charge in [0.05, 0.1) is 109 Å². The van der Waals surface area contributed by atoms with Crippen LogP contribution in [0, 0.1) is 68.0 Å². The number of aromatic nitrogens is 2. The summed E-state index contributed by atoms with van der Waals surface area (Å²) in [6, 6.07) is 80.9. The molecule has 0 saturated heterocycles. The van der Waals surface area contributed by atoms with Crippen molar-refractivity contribution >= 4 is 43.6 Å². The minimum atomic E-state index is -4.84. The van der Waals surface area contributed by atoms with Crippen LogP contribution in [-0.4, -0.2) is 9.13 Å². The van der Waals surface area contributed by atoms with Gasteiger partial charge in [-0.2, -0.15) is 44.7 Å². The fraction of sp³-hybridized carbons (Fsp3) is 0.0137. The zero-order chi connectivity index (χ0) is 57.8. The van der Waals surface area contributed by atoms with Gasteiger partial charge in [0, 0.05) is 32.7 Å². The first kappa shape index (κ1) is 51.2. The van der Waals surface area contributed by atoms with Gasteiger partial charge in [-0.15, -0.1) is 0 Å². The van der Waals surface area contributed by atoms with Crippen LogP contribution in [0.1, 0.15) is 38.9 Å². The van der Waals surface area contributed by atoms with E-state index in [4.69, 9.17) is 0 Å². The van der Waals surface area contributed by atoms with E-state index in [0.717, 1.165) is 83.2 Å². The predicted molar refractivity (Wildman–Crippen MR) is 321 cm³/mol. The lowest BCUT2D eigenvalue weighted by Crippen LogP contribution is -2.08. The van der Waals surface area contributed by atoms with Crippen molar-refractivity contribution < 1.29 is 13.2 Å². The monoisotopic (exact) mass is 1080 g/mol. The number of fused-ring (bicyclic) bond motifs is 6. The third-order valence-electron chi connectivity index (χ3n) is 15.5. The number of alkyl halides is 3. The summed E-state index contributed by atoms with van der Waals surface area (Å²) < 4.78 is 50.0. The quantitative estimate of drug-likeness (QED) is 0.148. The zero-order valence-electron chi connectivity index (χ0n) is 44.1. The van der Waals surface area contributed by atoms with Gasteiger partial charge in [-0.25, -0.2) is 0 Å². The molecule has 2 heterocycles. The summed E-state index contributed by atoms with van der Waals surface area (Å²) >= 11 is 0. The third kappa shape index (κ3) is 8.87. The second-order valence-corrected chi connectivity index (χ2v) is 20.3. The van der Waals surface area contributed by atoms with Crippen LogP contribution >= 0.6 is 0 Å². The van der Waals surface area contributed by atoms with E-state index in [-0.39, 0.29) is 16.7 Å². The summed E-state index contributed by atoms with van der Waals surface area (Å²) in [7, 11) is 0. The summed E-state index contributed by atoms with van der Waals surface area (Å²) in [5.41, 5.74) is 13.1. The highest BCUT2D eigenvalue weighted by molar-refractivity contribution is 6.14. The van der Waals surface area contributed by atoms with Crippen LogP contribution in [0.3, 0.4) is 0 Å². The topological polar surface area (TPSA) is 153 Å². The Morgan fingerprint density at radius 2 is 0.583 bits per heavy atom. The summed E-state index contributed by atoms with van der Waals surface area (Å²) in [6.45, 7) is 0. The molecule has 0 aliphatic carbocycles. The molecule has 0 spiro atoms. The molecule has 0 amide bonds. The molecule has 0 saturated carbocycles. The average molecular weight is 1080 g/mol. The molecule has 0 unspecified atom stereocenters. The SMILES string of the molecule is N#Cc1cccc(-c2ccc3c(c2)c2cc(-c4cccc(C#N)c4)ccc2n3-c2ccc(C#N)cc2-c2ccc(-c3ccc(C#N)cc3C(F)(F)F)cc2-n2c3ccc(-c4cccc(C#N)c4)cc3c3cc(-c4cccc(C#N)c4)ccc32)c1. The average Bonchev–Trinajstić information content (AvgIpc) is 1.86. The van der Waals surface area contributed by atoms with Gasteiger partial charge in [0.2, 0.25) is 0 Å². The molecule has 11 aromatic carbocycles. The number of halogens is 3. The molecule has 11 heteroatoms. The Hall–Kier alpha value is -12.3. The molecular formula is C73H37F3N8. The number of rotatable bonds is 8. The van der Waals surface area contributed by atoms with Gasteiger partial charge in [0.1, 0.15) is 0 Å². The summed E-state index contributed by atoms with van der Waals surface area (Å²) in [5, 5.41) is 63.4. The van der Waals surface area contributed by atoms with Crippen molar-refractivity contribution in [3.05, 3.63) is 263 Å². The summed E-state index contributed by atoms with van der Waals surface area (Å²) in [6.07, 6.45) is -4.84. The second kappa shape index (κ2) is 20.4. The highest BCUT2D eigenvalue weighted by Gasteiger charge is 2.35. The Morgan fingerprint density at radius 1 is 0.262 bits per heavy atom. The standard InChI is InChI=1S/C73H37F3N8/c74-73(75,76)66-32-49(43-82)13-20-59(66)58-15-21-60(72(37-58)84-70-25-18-56(52-11-3-7-46(29-52)40-79)35-64(70)65-36-57(19-26-71(65)84)53-12-4-8-47(30-53)41-80)61-31-48(42-81)14-22-67(61)83-68-23-16-54(50-9-1-5-44(27-50)38-77)33-62(68)63-34-55(17-24-69(63)83)51-10-2-6-45(28-51)39-78/h1-37H. The van der Waals surface area contributed by atoms with Crippen molar-refractivity contribution in [2.75, 3.05) is 0 Å². The van der Waals surface area contributed by atoms with Crippen molar-refractivity contribution in [1.82, 2.24) is 9.13 Å². The lowest BCUT2D eigenvalue weighted by atomic mass is 9.92. The Balaban J connectivity index is 1.13. The first-order chi connectivity index (χ1) is 40.9. The second-order valence-electron chi connectivity index (χ2n) is 20.3. The molecule has 0 bridgehead atoms. The number of hydrogen-bond donors (Lipinski definition) is 0. The Morgan fingerprint density at radius 3 is 0.964 bits per heavy atom. The van der Waals surface area contributed by atoms with Crippen LogP contribution in [0.5, 0.6) is 0 Å². The Labute approximate surface area is 479 Å². The molecule has 0 N–H and O–H groups in total. The van der Waals surface area contributed by atoms with Gasteiger partial charge < -0.3 is 9.13 Å². The van der Waals surface area contributed by atoms with E-state index < -0.39 is 11.7 Å². The van der Waals surface area contributed by atoms with Crippen molar-refractivity contribution in [3.63, 3.8) is 0 Å². The molecule has 0 radical (unpaired) electrons. The minimum Gasteiger partial charge on any atom is -0.309 e. The van der Waals surface area contributed by atoms with E-state index in [0.29, 0.717) is 61.4 Å². The first-order valence-electron chi connectivity index (χ1n) is 26.5. The normalized spacial score (nSPS) is 11.2. The molecule has 390 valence electrons. The van der Waals surface area contributed by atoms with Crippen LogP contribution in [0.15, 0.2) is 224 Å². The fourth-order valence-corrected chi connectivity index (χ4v) is 11.6. The van der Waals surface area contributed by atoms with E-state index in [1.54, 1.807) is 54.6 Å². The van der Waals surface area contributed by atoms with Crippen LogP contribution < -0.4 is 0 Å². The lowest BCUT2D eigenvalue weighted by molar-refractivity contribution is -0.137. The van der Waals surface area contributed by atoms with Gasteiger partial charge in [0.25, 0.3) is 0 Å². The molecule has 84 heavy (non-hydrogen) atoms. The maximum Gasteiger partial charge on any atom is 0.417 e. The molecule has 0 atom stereocenters. The van der Waals surface area contributed by atoms with Crippen LogP contribution in [0.4, 0.5) is 13.2 Å². The van der Waals surface area contributed by atoms with Crippen molar-refractivity contribution in [2.24, 2.45) is 0 Å². The van der Waals surface area contributed by atoms with Crippen molar-refractivity contribution in [2.45, 2.75) is 6.18 Å². The van der Waals surface area contributed by atoms with E-state index in [1.165, 1.54) is 12.1 Å². The van der Waals surface area contributed by atoms with Gasteiger partial charge in [-0.05, 0) is 189 Å². The smallest absolute Gasteiger partial charge is 0.309 e. The number of nitriles is 6. The highest BCUT2D eigenvalue weighted by atomic mass is 19.4. The van der Waals surface area contributed by atoms with Crippen LogP contribution in [0.2, 0.25) is 0 Å². The summed E-state index contributed by atoms with van der Waals surface area (Å²) in [5.74, 6) is 0. The maximum absolute atomic E-state index is 15.3. The third-order valence-corrected chi connectivity index (χ3v) is 15.5. The van der Waals surface area contributed by atoms with Crippen LogP contribution in [-0.2, 0) is 6.18 Å². The molecule has 13 rings (SSSR count). The van der Waals surface area contributed by atoms with Crippen LogP contribution in [0.25, 0.3) is 122 Å². The van der Waals surface area contributed by atoms with E-state index >= 15 is 13.2 Å². The molecule has 2 aromatic heterocycles. The fourth-order valence-electron chi connectivity index (χ4n) is 11.6. The highest BCUT2D eigenvalue weighted by Crippen LogP contribution is 2.46. The maximum atomic E-state index is 15.3. The minimum absolute atomic E-state index is 0.144. The molecule has 13 aromatic rings. The molecule has 8 nitrogen and oxygen atoms in total. The first-order valence-corrected chi connectivity index (χ1v) is 26.5. The molecule has 0 fully saturated rings. The van der Waals surface area contributed by atoms with Gasteiger partial charge in [0.15, 0.2) is 0 Å². The van der Waals surface area contributed by atoms with E-state index in [1.807, 2.05) is 150 Å². The van der Waals surface area contributed by atoms with Gasteiger partial charge >= 0.3 is 6.18 Å². The summed E-state index contributed by atoms with van der Waals surface area (Å²) in [4.78, 5) is 0. The Bertz CT molecular complexity index is 5000. The molecule has 0 aliphatic heterocycles. The number of nitrogens with zero attached hydrogens (tertiary/aromatic N) is 8. The van der Waals surface area contributed by atoms with E-state index in [2.05, 4.69) is 47.0 Å². The molecular weight excluding hydrogens is 1050 g/mol. The van der Waals surface area contributed by atoms with Gasteiger partial charge in [-0.3, -0.25) is 0 Å². The van der Waals surface area contributed by atoms with Crippen molar-refractivity contribution in [3.8, 4) is 115 Å². The number of benzene rings is 11. The zero-order valence-corrected chi connectivity index (χ0v) is 44.1. The Kier molecular flexibility index (Phi) is 12.5. The largest absolute Gasteiger partial charge is 0.417 e. The number of hydrogen-bond acceptors (Lipinski definition) is 6. The van der Waals surface area contributed by atoms with Crippen molar-refractivity contribution in [1.29, 1.82) is 31.6 Å². The lowest BCUT2D eigenvalue weighted by Gasteiger charge is -2.21.